The van der Waals surface area contributed by atoms with Crippen LogP contribution in [0.25, 0.3) is 11.1 Å². The minimum absolute atomic E-state index is 0.0168. The van der Waals surface area contributed by atoms with Gasteiger partial charge in [0.1, 0.15) is 0 Å². The minimum Gasteiger partial charge on any atom is -0.466 e. The van der Waals surface area contributed by atoms with Crippen molar-refractivity contribution < 1.29 is 23.5 Å². The minimum atomic E-state index is -0.414. The molecule has 0 bridgehead atoms. The molecule has 2 atom stereocenters. The number of nitrogens with zero attached hydrogens (tertiary/aromatic N) is 1. The average Bonchev–Trinajstić information content (AvgIpc) is 3.30. The molecule has 3 aromatic rings. The highest BCUT2D eigenvalue weighted by Crippen LogP contribution is 2.21. The lowest BCUT2D eigenvalue weighted by Gasteiger charge is -2.21. The number of carbonyl (C=O) groups is 2. The van der Waals surface area contributed by atoms with Gasteiger partial charge in [0.25, 0.3) is 5.91 Å². The molecule has 1 heterocycles. The Balaban J connectivity index is 1.73. The molecule has 0 fully saturated rings. The van der Waals surface area contributed by atoms with Gasteiger partial charge < -0.3 is 19.2 Å². The molecule has 2 aromatic carbocycles. The third-order valence-corrected chi connectivity index (χ3v) is 5.09. The number of nitrogens with one attached hydrogen (secondary N) is 1. The molecule has 1 amide bonds. The smallest absolute Gasteiger partial charge is 0.393 e. The van der Waals surface area contributed by atoms with Crippen LogP contribution in [0.15, 0.2) is 65.2 Å². The van der Waals surface area contributed by atoms with Crippen molar-refractivity contribution in [2.75, 3.05) is 13.7 Å². The van der Waals surface area contributed by atoms with Crippen LogP contribution in [0, 0.1) is 5.92 Å². The fourth-order valence-electron chi connectivity index (χ4n) is 3.46. The summed E-state index contributed by atoms with van der Waals surface area (Å²) in [5.41, 5.74) is 3.30. The number of methoxy groups -OCH3 is 1. The van der Waals surface area contributed by atoms with E-state index >= 15 is 0 Å². The second kappa shape index (κ2) is 11.1. The highest BCUT2D eigenvalue weighted by atomic mass is 16.6. The molecular weight excluding hydrogens is 408 g/mol. The van der Waals surface area contributed by atoms with Crippen LogP contribution in [0.3, 0.4) is 0 Å². The molecule has 0 aliphatic rings. The number of benzene rings is 2. The number of amides is 1. The molecule has 32 heavy (non-hydrogen) atoms. The fraction of sp³-hybridized carbons (Fsp3) is 0.320. The van der Waals surface area contributed by atoms with Crippen LogP contribution in [-0.2, 0) is 16.0 Å². The maximum absolute atomic E-state index is 12.7. The maximum atomic E-state index is 12.7. The van der Waals surface area contributed by atoms with Crippen molar-refractivity contribution in [3.63, 3.8) is 0 Å². The predicted molar refractivity (Wildman–Crippen MR) is 120 cm³/mol. The first kappa shape index (κ1) is 23.1. The van der Waals surface area contributed by atoms with E-state index in [-0.39, 0.29) is 29.8 Å². The van der Waals surface area contributed by atoms with Gasteiger partial charge in [0, 0.05) is 6.04 Å². The highest BCUT2D eigenvalue weighted by Gasteiger charge is 2.24. The topological polar surface area (TPSA) is 90.7 Å². The lowest BCUT2D eigenvalue weighted by molar-refractivity contribution is -0.147. The summed E-state index contributed by atoms with van der Waals surface area (Å²) in [7, 11) is 1.41. The number of aromatic nitrogens is 1. The van der Waals surface area contributed by atoms with Crippen LogP contribution in [0.1, 0.15) is 36.4 Å². The maximum Gasteiger partial charge on any atom is 0.393 e. The molecule has 0 radical (unpaired) electrons. The van der Waals surface area contributed by atoms with E-state index in [1.807, 2.05) is 30.3 Å². The average molecular weight is 437 g/mol. The summed E-state index contributed by atoms with van der Waals surface area (Å²) in [6, 6.07) is 18.0. The van der Waals surface area contributed by atoms with Crippen molar-refractivity contribution >= 4 is 11.9 Å². The van der Waals surface area contributed by atoms with Gasteiger partial charge in [-0.3, -0.25) is 9.59 Å². The van der Waals surface area contributed by atoms with Crippen LogP contribution in [0.4, 0.5) is 0 Å². The van der Waals surface area contributed by atoms with Gasteiger partial charge in [-0.05, 0) is 36.5 Å². The monoisotopic (exact) mass is 436 g/mol. The number of ether oxygens (including phenoxy) is 2. The summed E-state index contributed by atoms with van der Waals surface area (Å²) in [6.07, 6.45) is 2.31. The summed E-state index contributed by atoms with van der Waals surface area (Å²) in [5, 5.41) is 2.96. The number of esters is 1. The van der Waals surface area contributed by atoms with Gasteiger partial charge in [-0.2, -0.15) is 4.98 Å². The van der Waals surface area contributed by atoms with Gasteiger partial charge in [-0.1, -0.05) is 61.5 Å². The van der Waals surface area contributed by atoms with Crippen molar-refractivity contribution in [3.05, 3.63) is 72.1 Å². The zero-order valence-electron chi connectivity index (χ0n) is 18.5. The van der Waals surface area contributed by atoms with Gasteiger partial charge in [0.15, 0.2) is 0 Å². The van der Waals surface area contributed by atoms with Gasteiger partial charge in [0.05, 0.1) is 25.8 Å². The Bertz CT molecular complexity index is 1010. The fourth-order valence-corrected chi connectivity index (χ4v) is 3.46. The van der Waals surface area contributed by atoms with E-state index in [1.54, 1.807) is 13.8 Å². The number of hydrogen-bond acceptors (Lipinski definition) is 6. The Morgan fingerprint density at radius 3 is 2.38 bits per heavy atom. The molecule has 0 aliphatic carbocycles. The van der Waals surface area contributed by atoms with E-state index in [4.69, 9.17) is 13.9 Å². The van der Waals surface area contributed by atoms with Gasteiger partial charge in [-0.15, -0.1) is 0 Å². The Morgan fingerprint density at radius 1 is 1.06 bits per heavy atom. The molecule has 1 unspecified atom stereocenters. The molecule has 0 saturated heterocycles. The van der Waals surface area contributed by atoms with E-state index in [1.165, 1.54) is 13.3 Å². The molecule has 3 rings (SSSR count). The second-order valence-electron chi connectivity index (χ2n) is 7.52. The lowest BCUT2D eigenvalue weighted by atomic mass is 9.95. The predicted octanol–water partition coefficient (Wildman–Crippen LogP) is 4.28. The quantitative estimate of drug-likeness (QED) is 0.477. The summed E-state index contributed by atoms with van der Waals surface area (Å²) < 4.78 is 15.3. The summed E-state index contributed by atoms with van der Waals surface area (Å²) >= 11 is 0. The molecule has 1 N–H and O–H groups in total. The highest BCUT2D eigenvalue weighted by molar-refractivity contribution is 5.91. The second-order valence-corrected chi connectivity index (χ2v) is 7.52. The molecule has 0 saturated carbocycles. The standard InChI is InChI=1S/C25H28N2O5/c1-4-31-24(29)17(2)14-21(27-23(28)22-16-26-25(30-3)32-22)15-18-10-12-20(13-11-18)19-8-6-5-7-9-19/h5-13,16-17,21H,4,14-15H2,1-3H3,(H,27,28)/t17-,21?/m1/s1. The van der Waals surface area contributed by atoms with Crippen molar-refractivity contribution in [3.8, 4) is 17.2 Å². The summed E-state index contributed by atoms with van der Waals surface area (Å²) in [5.74, 6) is -1.02. The third-order valence-electron chi connectivity index (χ3n) is 5.09. The van der Waals surface area contributed by atoms with E-state index < -0.39 is 5.91 Å². The molecule has 0 aliphatic heterocycles. The van der Waals surface area contributed by atoms with Crippen LogP contribution >= 0.6 is 0 Å². The number of hydrogen-bond donors (Lipinski definition) is 1. The molecule has 7 heteroatoms. The zero-order chi connectivity index (χ0) is 22.9. The van der Waals surface area contributed by atoms with E-state index in [0.29, 0.717) is 19.4 Å². The van der Waals surface area contributed by atoms with Crippen LogP contribution < -0.4 is 10.1 Å². The first-order chi connectivity index (χ1) is 15.5. The lowest BCUT2D eigenvalue weighted by Crippen LogP contribution is -2.38. The molecule has 0 spiro atoms. The van der Waals surface area contributed by atoms with E-state index in [2.05, 4.69) is 34.6 Å². The van der Waals surface area contributed by atoms with E-state index in [0.717, 1.165) is 16.7 Å². The first-order valence-electron chi connectivity index (χ1n) is 10.6. The van der Waals surface area contributed by atoms with E-state index in [9.17, 15) is 9.59 Å². The van der Waals surface area contributed by atoms with Crippen molar-refractivity contribution in [1.29, 1.82) is 0 Å². The number of carbonyl (C=O) groups excluding carboxylic acids is 2. The first-order valence-corrected chi connectivity index (χ1v) is 10.6. The third kappa shape index (κ3) is 6.20. The van der Waals surface area contributed by atoms with Crippen LogP contribution in [-0.4, -0.2) is 36.6 Å². The van der Waals surface area contributed by atoms with Crippen LogP contribution in [0.5, 0.6) is 6.08 Å². The van der Waals surface area contributed by atoms with Gasteiger partial charge in [0.2, 0.25) is 5.76 Å². The Hall–Kier alpha value is -3.61. The SMILES string of the molecule is CCOC(=O)[C@H](C)CC(Cc1ccc(-c2ccccc2)cc1)NC(=O)c1cnc(OC)o1. The normalized spacial score (nSPS) is 12.6. The largest absolute Gasteiger partial charge is 0.466 e. The van der Waals surface area contributed by atoms with Crippen molar-refractivity contribution in [1.82, 2.24) is 10.3 Å². The Kier molecular flexibility index (Phi) is 8.02. The number of oxazole rings is 1. The van der Waals surface area contributed by atoms with Crippen molar-refractivity contribution in [2.24, 2.45) is 5.92 Å². The molecule has 7 nitrogen and oxygen atoms in total. The van der Waals surface area contributed by atoms with Gasteiger partial charge in [-0.25, -0.2) is 0 Å². The number of rotatable bonds is 10. The van der Waals surface area contributed by atoms with Crippen molar-refractivity contribution in [2.45, 2.75) is 32.7 Å². The Morgan fingerprint density at radius 2 is 1.75 bits per heavy atom. The molecule has 168 valence electrons. The zero-order valence-corrected chi connectivity index (χ0v) is 18.5. The summed E-state index contributed by atoms with van der Waals surface area (Å²) in [4.78, 5) is 28.7. The Labute approximate surface area is 187 Å². The summed E-state index contributed by atoms with van der Waals surface area (Å²) in [6.45, 7) is 3.89. The molecule has 1 aromatic heterocycles. The van der Waals surface area contributed by atoms with Crippen LogP contribution in [0.2, 0.25) is 0 Å². The van der Waals surface area contributed by atoms with Gasteiger partial charge >= 0.3 is 12.0 Å². The molecular formula is C25H28N2O5.